The predicted molar refractivity (Wildman–Crippen MR) is 130 cm³/mol. The Morgan fingerprint density at radius 1 is 0.844 bits per heavy atom. The van der Waals surface area contributed by atoms with E-state index in [-0.39, 0.29) is 24.0 Å². The zero-order valence-electron chi connectivity index (χ0n) is 21.1. The van der Waals surface area contributed by atoms with Crippen molar-refractivity contribution in [2.75, 3.05) is 13.2 Å². The summed E-state index contributed by atoms with van der Waals surface area (Å²) in [4.78, 5) is 35.6. The van der Waals surface area contributed by atoms with Gasteiger partial charge >= 0.3 is 0 Å². The number of carbonyl (C=O) groups is 3. The summed E-state index contributed by atoms with van der Waals surface area (Å²) in [6.45, 7) is 8.69. The summed E-state index contributed by atoms with van der Waals surface area (Å²) in [5.41, 5.74) is 5.14. The number of nitrogens with two attached hydrogens (primary N) is 1. The van der Waals surface area contributed by atoms with Crippen molar-refractivity contribution in [3.05, 3.63) is 0 Å². The van der Waals surface area contributed by atoms with Gasteiger partial charge in [-0.15, -0.1) is 0 Å². The highest BCUT2D eigenvalue weighted by molar-refractivity contribution is 5.86. The van der Waals surface area contributed by atoms with Gasteiger partial charge in [0, 0.05) is 13.0 Å². The molecule has 0 spiro atoms. The smallest absolute Gasteiger partial charge is 0.246 e. The van der Waals surface area contributed by atoms with Gasteiger partial charge < -0.3 is 21.1 Å². The maximum atomic E-state index is 12.1. The Labute approximate surface area is 196 Å². The van der Waals surface area contributed by atoms with Crippen molar-refractivity contribution in [3.8, 4) is 0 Å². The second-order valence-electron chi connectivity index (χ2n) is 9.35. The van der Waals surface area contributed by atoms with Crippen LogP contribution in [0.1, 0.15) is 118 Å². The highest BCUT2D eigenvalue weighted by Gasteiger charge is 2.18. The van der Waals surface area contributed by atoms with Crippen LogP contribution >= 0.6 is 0 Å². The van der Waals surface area contributed by atoms with Crippen LogP contribution in [-0.4, -0.2) is 42.5 Å². The lowest BCUT2D eigenvalue weighted by Crippen LogP contribution is -2.44. The minimum absolute atomic E-state index is 0.0413. The van der Waals surface area contributed by atoms with E-state index in [0.29, 0.717) is 32.2 Å². The van der Waals surface area contributed by atoms with Crippen LogP contribution in [0.15, 0.2) is 0 Å². The second kappa shape index (κ2) is 18.9. The molecule has 0 fully saturated rings. The molecule has 0 saturated heterocycles. The summed E-state index contributed by atoms with van der Waals surface area (Å²) in [5, 5.41) is 5.58. The number of carbonyl (C=O) groups excluding carboxylic acids is 3. The van der Waals surface area contributed by atoms with Crippen LogP contribution in [0.25, 0.3) is 0 Å². The molecule has 1 atom stereocenters. The van der Waals surface area contributed by atoms with Gasteiger partial charge in [-0.05, 0) is 46.0 Å². The summed E-state index contributed by atoms with van der Waals surface area (Å²) < 4.78 is 5.56. The van der Waals surface area contributed by atoms with Gasteiger partial charge in [0.1, 0.15) is 12.6 Å². The Balaban J connectivity index is 3.85. The first kappa shape index (κ1) is 30.4. The molecule has 0 aliphatic heterocycles. The summed E-state index contributed by atoms with van der Waals surface area (Å²) in [6, 6.07) is -0.648. The van der Waals surface area contributed by atoms with Gasteiger partial charge in [-0.1, -0.05) is 65.2 Å². The monoisotopic (exact) mass is 455 g/mol. The third-order valence-electron chi connectivity index (χ3n) is 5.87. The van der Waals surface area contributed by atoms with E-state index < -0.39 is 11.9 Å². The first-order valence-electron chi connectivity index (χ1n) is 12.7. The van der Waals surface area contributed by atoms with Crippen molar-refractivity contribution >= 4 is 17.7 Å². The van der Waals surface area contributed by atoms with Crippen LogP contribution < -0.4 is 16.4 Å². The first-order chi connectivity index (χ1) is 15.2. The highest BCUT2D eigenvalue weighted by Crippen LogP contribution is 2.13. The topological polar surface area (TPSA) is 111 Å². The van der Waals surface area contributed by atoms with Crippen molar-refractivity contribution in [3.63, 3.8) is 0 Å². The van der Waals surface area contributed by atoms with Crippen molar-refractivity contribution in [1.82, 2.24) is 10.6 Å². The molecule has 0 saturated carbocycles. The van der Waals surface area contributed by atoms with Crippen LogP contribution in [0.2, 0.25) is 0 Å². The zero-order chi connectivity index (χ0) is 24.2. The number of unbranched alkanes of at least 4 members (excludes halogenated alkanes) is 9. The van der Waals surface area contributed by atoms with E-state index in [1.54, 1.807) is 0 Å². The third-order valence-corrected chi connectivity index (χ3v) is 5.87. The van der Waals surface area contributed by atoms with E-state index in [9.17, 15) is 14.4 Å². The second-order valence-corrected chi connectivity index (χ2v) is 9.35. The SMILES string of the molecule is CCCCCCCCCCCC(=O)NC(CCCCNC(=O)COC(C)(C)CC)C(N)=O. The molecule has 0 bridgehead atoms. The van der Waals surface area contributed by atoms with Crippen LogP contribution in [-0.2, 0) is 19.1 Å². The van der Waals surface area contributed by atoms with E-state index in [1.807, 2.05) is 20.8 Å². The predicted octanol–water partition coefficient (Wildman–Crippen LogP) is 4.37. The van der Waals surface area contributed by atoms with Gasteiger partial charge in [0.05, 0.1) is 5.60 Å². The highest BCUT2D eigenvalue weighted by atomic mass is 16.5. The quantitative estimate of drug-likeness (QED) is 0.223. The molecular weight excluding hydrogens is 406 g/mol. The molecule has 0 radical (unpaired) electrons. The molecule has 0 aromatic heterocycles. The molecule has 0 aromatic rings. The van der Waals surface area contributed by atoms with E-state index >= 15 is 0 Å². The first-order valence-corrected chi connectivity index (χ1v) is 12.7. The Kier molecular flexibility index (Phi) is 17.9. The molecule has 0 aliphatic carbocycles. The van der Waals surface area contributed by atoms with E-state index in [2.05, 4.69) is 17.6 Å². The Morgan fingerprint density at radius 3 is 2.00 bits per heavy atom. The van der Waals surface area contributed by atoms with Gasteiger partial charge in [0.2, 0.25) is 17.7 Å². The number of hydrogen-bond donors (Lipinski definition) is 3. The normalized spacial score (nSPS) is 12.4. The molecule has 4 N–H and O–H groups in total. The number of ether oxygens (including phenoxy) is 1. The molecule has 0 aromatic carbocycles. The Hall–Kier alpha value is -1.63. The Bertz CT molecular complexity index is 523. The lowest BCUT2D eigenvalue weighted by molar-refractivity contribution is -0.131. The Morgan fingerprint density at radius 2 is 1.44 bits per heavy atom. The average molecular weight is 456 g/mol. The summed E-state index contributed by atoms with van der Waals surface area (Å²) in [6.07, 6.45) is 13.9. The fourth-order valence-electron chi connectivity index (χ4n) is 3.26. The zero-order valence-corrected chi connectivity index (χ0v) is 21.1. The molecule has 188 valence electrons. The van der Waals surface area contributed by atoms with Crippen molar-refractivity contribution in [1.29, 1.82) is 0 Å². The molecule has 1 unspecified atom stereocenters. The minimum Gasteiger partial charge on any atom is -0.368 e. The molecule has 0 rings (SSSR count). The van der Waals surface area contributed by atoms with Crippen molar-refractivity contribution in [2.45, 2.75) is 129 Å². The third kappa shape index (κ3) is 18.0. The van der Waals surface area contributed by atoms with E-state index in [4.69, 9.17) is 10.5 Å². The summed E-state index contributed by atoms with van der Waals surface area (Å²) in [5.74, 6) is -0.766. The van der Waals surface area contributed by atoms with Gasteiger partial charge in [-0.3, -0.25) is 14.4 Å². The van der Waals surface area contributed by atoms with Gasteiger partial charge in [-0.2, -0.15) is 0 Å². The molecule has 3 amide bonds. The van der Waals surface area contributed by atoms with E-state index in [0.717, 1.165) is 25.7 Å². The van der Waals surface area contributed by atoms with E-state index in [1.165, 1.54) is 38.5 Å². The van der Waals surface area contributed by atoms with Gasteiger partial charge in [0.15, 0.2) is 0 Å². The fourth-order valence-corrected chi connectivity index (χ4v) is 3.26. The number of hydrogen-bond acceptors (Lipinski definition) is 4. The molecule has 7 heteroatoms. The van der Waals surface area contributed by atoms with Gasteiger partial charge in [0.25, 0.3) is 0 Å². The molecule has 7 nitrogen and oxygen atoms in total. The number of primary amides is 1. The summed E-state index contributed by atoms with van der Waals surface area (Å²) in [7, 11) is 0. The summed E-state index contributed by atoms with van der Waals surface area (Å²) >= 11 is 0. The molecule has 0 heterocycles. The molecule has 0 aliphatic rings. The van der Waals surface area contributed by atoms with Gasteiger partial charge in [-0.25, -0.2) is 0 Å². The van der Waals surface area contributed by atoms with Crippen LogP contribution in [0.5, 0.6) is 0 Å². The number of nitrogens with one attached hydrogen (secondary N) is 2. The molecule has 32 heavy (non-hydrogen) atoms. The van der Waals surface area contributed by atoms with Crippen LogP contribution in [0.4, 0.5) is 0 Å². The fraction of sp³-hybridized carbons (Fsp3) is 0.880. The van der Waals surface area contributed by atoms with Crippen LogP contribution in [0, 0.1) is 0 Å². The average Bonchev–Trinajstić information content (AvgIpc) is 2.75. The minimum atomic E-state index is -0.648. The lowest BCUT2D eigenvalue weighted by Gasteiger charge is -2.22. The van der Waals surface area contributed by atoms with Crippen molar-refractivity contribution in [2.24, 2.45) is 5.73 Å². The number of amides is 3. The van der Waals surface area contributed by atoms with Crippen molar-refractivity contribution < 1.29 is 19.1 Å². The maximum absolute atomic E-state index is 12.1. The number of rotatable bonds is 21. The van der Waals surface area contributed by atoms with Crippen LogP contribution in [0.3, 0.4) is 0 Å². The lowest BCUT2D eigenvalue weighted by atomic mass is 10.1. The maximum Gasteiger partial charge on any atom is 0.246 e. The molecular formula is C25H49N3O4. The standard InChI is InChI=1S/C25H49N3O4/c1-5-7-8-9-10-11-12-13-14-18-22(29)28-21(24(26)31)17-15-16-19-27-23(30)20-32-25(3,4)6-2/h21H,5-20H2,1-4H3,(H2,26,31)(H,27,30)(H,28,29). The largest absolute Gasteiger partial charge is 0.368 e.